The third kappa shape index (κ3) is 2.76. The van der Waals surface area contributed by atoms with E-state index in [1.807, 2.05) is 19.1 Å². The Labute approximate surface area is 110 Å². The van der Waals surface area contributed by atoms with Crippen LogP contribution in [0.4, 0.5) is 0 Å². The molecule has 0 unspecified atom stereocenters. The minimum absolute atomic E-state index is 0.286. The lowest BCUT2D eigenvalue weighted by Gasteiger charge is -2.09. The number of nitrogens with zero attached hydrogens (tertiary/aromatic N) is 3. The third-order valence-electron chi connectivity index (χ3n) is 2.44. The fraction of sp³-hybridized carbons (Fsp3) is 0.167. The number of hydrogen-bond acceptors (Lipinski definition) is 5. The Morgan fingerprint density at radius 2 is 2.28 bits per heavy atom. The molecule has 0 N–H and O–H groups in total. The molecule has 6 heteroatoms. The van der Waals surface area contributed by atoms with Crippen LogP contribution in [-0.4, -0.2) is 9.19 Å². The lowest BCUT2D eigenvalue weighted by Crippen LogP contribution is -2.01. The van der Waals surface area contributed by atoms with E-state index in [-0.39, 0.29) is 6.61 Å². The molecule has 5 nitrogen and oxygen atoms in total. The van der Waals surface area contributed by atoms with Crippen LogP contribution in [0.2, 0.25) is 0 Å². The van der Waals surface area contributed by atoms with E-state index in [9.17, 15) is 0 Å². The van der Waals surface area contributed by atoms with Gasteiger partial charge in [0.2, 0.25) is 5.88 Å². The average Bonchev–Trinajstić information content (AvgIpc) is 2.75. The average molecular weight is 261 g/mol. The lowest BCUT2D eigenvalue weighted by atomic mass is 10.1. The molecule has 0 saturated carbocycles. The highest BCUT2D eigenvalue weighted by molar-refractivity contribution is 7.78. The molecule has 1 aromatic carbocycles. The topological polar surface area (TPSA) is 60.1 Å². The van der Waals surface area contributed by atoms with Gasteiger partial charge in [-0.1, -0.05) is 12.1 Å². The Hall–Kier alpha value is -2.13. The van der Waals surface area contributed by atoms with Crippen LogP contribution in [-0.2, 0) is 6.61 Å². The Kier molecular flexibility index (Phi) is 3.75. The molecule has 0 fully saturated rings. The first-order valence-corrected chi connectivity index (χ1v) is 5.63. The van der Waals surface area contributed by atoms with Crippen molar-refractivity contribution in [2.24, 2.45) is 0 Å². The highest BCUT2D eigenvalue weighted by atomic mass is 32.1. The van der Waals surface area contributed by atoms with Crippen LogP contribution in [0.5, 0.6) is 11.6 Å². The van der Waals surface area contributed by atoms with E-state index < -0.39 is 0 Å². The molecule has 1 aromatic heterocycles. The van der Waals surface area contributed by atoms with Crippen LogP contribution in [0.3, 0.4) is 0 Å². The summed E-state index contributed by atoms with van der Waals surface area (Å²) in [5.41, 5.74) is 1.82. The van der Waals surface area contributed by atoms with E-state index >= 15 is 0 Å². The van der Waals surface area contributed by atoms with Gasteiger partial charge in [-0.15, -0.1) is 10.4 Å². The number of benzene rings is 1. The van der Waals surface area contributed by atoms with E-state index in [1.54, 1.807) is 24.6 Å². The van der Waals surface area contributed by atoms with Gasteiger partial charge < -0.3 is 9.47 Å². The maximum absolute atomic E-state index is 8.58. The molecule has 0 aliphatic carbocycles. The second-order valence-electron chi connectivity index (χ2n) is 3.61. The van der Waals surface area contributed by atoms with Crippen molar-refractivity contribution >= 4 is 12.8 Å². The molecule has 2 aromatic rings. The molecular formula is C12H11N3O2S. The monoisotopic (exact) mass is 261 g/mol. The van der Waals surface area contributed by atoms with Crippen LogP contribution >= 0.6 is 12.8 Å². The summed E-state index contributed by atoms with van der Waals surface area (Å²) in [4.78, 5) is 0. The van der Waals surface area contributed by atoms with Crippen LogP contribution in [0, 0.1) is 18.4 Å². The van der Waals surface area contributed by atoms with E-state index in [4.69, 9.17) is 14.7 Å². The van der Waals surface area contributed by atoms with Crippen molar-refractivity contribution in [3.05, 3.63) is 41.6 Å². The maximum atomic E-state index is 8.58. The van der Waals surface area contributed by atoms with Gasteiger partial charge >= 0.3 is 0 Å². The number of nitriles is 1. The van der Waals surface area contributed by atoms with Gasteiger partial charge in [-0.05, 0) is 31.4 Å². The Morgan fingerprint density at radius 3 is 2.94 bits per heavy atom. The molecule has 0 aliphatic heterocycles. The zero-order chi connectivity index (χ0) is 13.0. The zero-order valence-electron chi connectivity index (χ0n) is 9.70. The smallest absolute Gasteiger partial charge is 0.292 e. The fourth-order valence-corrected chi connectivity index (χ4v) is 1.68. The first-order chi connectivity index (χ1) is 8.70. The minimum Gasteiger partial charge on any atom is -0.472 e. The highest BCUT2D eigenvalue weighted by Crippen LogP contribution is 2.23. The lowest BCUT2D eigenvalue weighted by molar-refractivity contribution is 0.287. The van der Waals surface area contributed by atoms with Crippen molar-refractivity contribution in [1.82, 2.24) is 9.19 Å². The van der Waals surface area contributed by atoms with E-state index in [2.05, 4.69) is 17.9 Å². The summed E-state index contributed by atoms with van der Waals surface area (Å²) in [5.74, 6) is 0.971. The SMILES string of the molecule is Cc1cccc(OC#N)c1COc1ccn(S)n1. The van der Waals surface area contributed by atoms with Crippen LogP contribution in [0.25, 0.3) is 0 Å². The molecule has 0 bridgehead atoms. The Bertz CT molecular complexity index is 589. The zero-order valence-corrected chi connectivity index (χ0v) is 10.6. The maximum Gasteiger partial charge on any atom is 0.292 e. The Balaban J connectivity index is 2.15. The predicted molar refractivity (Wildman–Crippen MR) is 68.4 cm³/mol. The molecule has 18 heavy (non-hydrogen) atoms. The molecule has 0 saturated heterocycles. The summed E-state index contributed by atoms with van der Waals surface area (Å²) >= 11 is 4.02. The van der Waals surface area contributed by atoms with Crippen molar-refractivity contribution in [3.8, 4) is 17.9 Å². The largest absolute Gasteiger partial charge is 0.472 e. The summed E-state index contributed by atoms with van der Waals surface area (Å²) in [6, 6.07) is 7.19. The summed E-state index contributed by atoms with van der Waals surface area (Å²) < 4.78 is 11.8. The van der Waals surface area contributed by atoms with Gasteiger partial charge in [-0.3, -0.25) is 0 Å². The molecule has 0 radical (unpaired) electrons. The molecule has 2 rings (SSSR count). The van der Waals surface area contributed by atoms with Gasteiger partial charge in [0.05, 0.1) is 0 Å². The van der Waals surface area contributed by atoms with Crippen LogP contribution < -0.4 is 9.47 Å². The molecule has 0 aliphatic rings. The second kappa shape index (κ2) is 5.47. The van der Waals surface area contributed by atoms with Gasteiger partial charge in [0.1, 0.15) is 12.4 Å². The molecule has 0 amide bonds. The van der Waals surface area contributed by atoms with Gasteiger partial charge in [0, 0.05) is 17.8 Å². The van der Waals surface area contributed by atoms with Crippen molar-refractivity contribution < 1.29 is 9.47 Å². The number of hydrogen-bond donors (Lipinski definition) is 1. The first-order valence-electron chi connectivity index (χ1n) is 5.23. The summed E-state index contributed by atoms with van der Waals surface area (Å²) in [5, 5.41) is 12.6. The highest BCUT2D eigenvalue weighted by Gasteiger charge is 2.09. The number of aryl methyl sites for hydroxylation is 1. The Morgan fingerprint density at radius 1 is 1.44 bits per heavy atom. The van der Waals surface area contributed by atoms with Gasteiger partial charge in [0.15, 0.2) is 0 Å². The van der Waals surface area contributed by atoms with E-state index in [1.165, 1.54) is 4.09 Å². The number of thiol groups is 1. The van der Waals surface area contributed by atoms with Crippen molar-refractivity contribution in [2.75, 3.05) is 0 Å². The van der Waals surface area contributed by atoms with Crippen LogP contribution in [0.1, 0.15) is 11.1 Å². The summed E-state index contributed by atoms with van der Waals surface area (Å²) in [6.07, 6.45) is 3.34. The number of aromatic nitrogens is 2. The third-order valence-corrected chi connectivity index (χ3v) is 2.66. The van der Waals surface area contributed by atoms with E-state index in [0.717, 1.165) is 11.1 Å². The van der Waals surface area contributed by atoms with Crippen LogP contribution in [0.15, 0.2) is 30.5 Å². The summed E-state index contributed by atoms with van der Waals surface area (Å²) in [7, 11) is 0. The van der Waals surface area contributed by atoms with Gasteiger partial charge in [0.25, 0.3) is 6.26 Å². The quantitative estimate of drug-likeness (QED) is 0.677. The predicted octanol–water partition coefficient (Wildman–Crippen LogP) is 2.32. The first kappa shape index (κ1) is 12.3. The van der Waals surface area contributed by atoms with Gasteiger partial charge in [-0.2, -0.15) is 0 Å². The fourth-order valence-electron chi connectivity index (χ4n) is 1.53. The number of ether oxygens (including phenoxy) is 2. The second-order valence-corrected chi connectivity index (χ2v) is 4.02. The van der Waals surface area contributed by atoms with Crippen molar-refractivity contribution in [2.45, 2.75) is 13.5 Å². The number of rotatable bonds is 4. The normalized spacial score (nSPS) is 9.83. The van der Waals surface area contributed by atoms with Gasteiger partial charge in [-0.25, -0.2) is 4.09 Å². The molecule has 92 valence electrons. The molecular weight excluding hydrogens is 250 g/mol. The van der Waals surface area contributed by atoms with E-state index in [0.29, 0.717) is 11.6 Å². The molecule has 0 spiro atoms. The minimum atomic E-state index is 0.286. The molecule has 0 atom stereocenters. The van der Waals surface area contributed by atoms with Crippen molar-refractivity contribution in [3.63, 3.8) is 0 Å². The van der Waals surface area contributed by atoms with Crippen molar-refractivity contribution in [1.29, 1.82) is 5.26 Å². The summed E-state index contributed by atoms with van der Waals surface area (Å²) in [6.45, 7) is 2.22. The molecule has 1 heterocycles. The standard InChI is InChI=1S/C12H11N3O2S/c1-9-3-2-4-11(17-8-13)10(9)7-16-12-5-6-15(18)14-12/h2-6,18H,7H2,1H3.